The molecule has 0 saturated heterocycles. The summed E-state index contributed by atoms with van der Waals surface area (Å²) in [7, 11) is -4.31. The highest BCUT2D eigenvalue weighted by Gasteiger charge is 2.16. The van der Waals surface area contributed by atoms with Gasteiger partial charge in [0, 0.05) is 17.9 Å². The van der Waals surface area contributed by atoms with Crippen molar-refractivity contribution in [3.05, 3.63) is 41.8 Å². The van der Waals surface area contributed by atoms with E-state index in [1.807, 2.05) is 6.07 Å². The molecule has 0 unspecified atom stereocenters. The summed E-state index contributed by atoms with van der Waals surface area (Å²) in [4.78, 5) is -0.129. The van der Waals surface area contributed by atoms with Crippen molar-refractivity contribution >= 4 is 20.9 Å². The fourth-order valence-corrected chi connectivity index (χ4v) is 3.02. The summed E-state index contributed by atoms with van der Waals surface area (Å²) in [6.07, 6.45) is 0. The molecule has 0 bridgehead atoms. The van der Waals surface area contributed by atoms with E-state index in [1.54, 1.807) is 32.0 Å². The molecular weight excluding hydrogens is 292 g/mol. The summed E-state index contributed by atoms with van der Waals surface area (Å²) in [6, 6.07) is 8.41. The first-order valence-electron chi connectivity index (χ1n) is 6.17. The van der Waals surface area contributed by atoms with Gasteiger partial charge in [-0.15, -0.1) is 10.2 Å². The second-order valence-corrected chi connectivity index (χ2v) is 6.19. The Labute approximate surface area is 121 Å². The van der Waals surface area contributed by atoms with E-state index in [1.165, 1.54) is 6.07 Å². The van der Waals surface area contributed by atoms with Crippen LogP contribution < -0.4 is 0 Å². The number of benzene rings is 2. The lowest BCUT2D eigenvalue weighted by Crippen LogP contribution is -2.00. The average molecular weight is 304 g/mol. The van der Waals surface area contributed by atoms with E-state index in [0.717, 1.165) is 5.56 Å². The molecule has 0 saturated carbocycles. The van der Waals surface area contributed by atoms with Crippen molar-refractivity contribution in [3.8, 4) is 11.5 Å². The van der Waals surface area contributed by atoms with Crippen molar-refractivity contribution in [2.24, 2.45) is 0 Å². The molecule has 108 valence electrons. The van der Waals surface area contributed by atoms with Crippen molar-refractivity contribution < 1.29 is 17.4 Å². The Bertz CT molecular complexity index is 945. The first kappa shape index (κ1) is 13.7. The number of aromatic nitrogens is 2. The Morgan fingerprint density at radius 1 is 1.10 bits per heavy atom. The molecule has 21 heavy (non-hydrogen) atoms. The second kappa shape index (κ2) is 4.64. The van der Waals surface area contributed by atoms with Crippen LogP contribution in [0.4, 0.5) is 0 Å². The second-order valence-electron chi connectivity index (χ2n) is 4.80. The first-order chi connectivity index (χ1) is 9.84. The van der Waals surface area contributed by atoms with E-state index in [-0.39, 0.29) is 4.90 Å². The van der Waals surface area contributed by atoms with Crippen LogP contribution in [0.3, 0.4) is 0 Å². The zero-order valence-electron chi connectivity index (χ0n) is 11.4. The molecule has 0 radical (unpaired) electrons. The van der Waals surface area contributed by atoms with Gasteiger partial charge in [0.15, 0.2) is 0 Å². The molecule has 1 heterocycles. The molecule has 2 aromatic carbocycles. The van der Waals surface area contributed by atoms with Crippen molar-refractivity contribution in [3.63, 3.8) is 0 Å². The molecule has 3 aromatic rings. The lowest BCUT2D eigenvalue weighted by Gasteiger charge is -2.07. The molecule has 1 aromatic heterocycles. The molecule has 0 aliphatic heterocycles. The molecule has 0 aliphatic carbocycles. The van der Waals surface area contributed by atoms with E-state index in [0.29, 0.717) is 28.1 Å². The summed E-state index contributed by atoms with van der Waals surface area (Å²) >= 11 is 0. The van der Waals surface area contributed by atoms with Gasteiger partial charge in [0.05, 0.1) is 0 Å². The number of nitrogens with zero attached hydrogens (tertiary/aromatic N) is 2. The fraction of sp³-hybridized carbons (Fsp3) is 0.143. The van der Waals surface area contributed by atoms with Gasteiger partial charge in [-0.3, -0.25) is 4.55 Å². The van der Waals surface area contributed by atoms with Gasteiger partial charge in [-0.2, -0.15) is 8.42 Å². The Hall–Kier alpha value is -2.25. The van der Waals surface area contributed by atoms with E-state index in [4.69, 9.17) is 4.42 Å². The number of fused-ring (bicyclic) bond motifs is 1. The van der Waals surface area contributed by atoms with Gasteiger partial charge in [-0.05, 0) is 36.1 Å². The predicted molar refractivity (Wildman–Crippen MR) is 76.5 cm³/mol. The summed E-state index contributed by atoms with van der Waals surface area (Å²) < 4.78 is 37.8. The lowest BCUT2D eigenvalue weighted by atomic mass is 10.0. The van der Waals surface area contributed by atoms with Gasteiger partial charge in [-0.1, -0.05) is 12.1 Å². The van der Waals surface area contributed by atoms with Gasteiger partial charge in [0.25, 0.3) is 10.1 Å². The number of rotatable bonds is 2. The Balaban J connectivity index is 2.32. The lowest BCUT2D eigenvalue weighted by molar-refractivity contribution is 0.484. The summed E-state index contributed by atoms with van der Waals surface area (Å²) in [5.74, 6) is 0.722. The predicted octanol–water partition coefficient (Wildman–Crippen LogP) is 2.75. The third-order valence-corrected chi connectivity index (χ3v) is 4.01. The molecule has 0 aliphatic rings. The van der Waals surface area contributed by atoms with Crippen LogP contribution in [-0.4, -0.2) is 23.2 Å². The van der Waals surface area contributed by atoms with Crippen LogP contribution in [-0.2, 0) is 10.1 Å². The standard InChI is InChI=1S/C14H12N2O4S/c1-8-5-10-3-4-11(14-16-15-9(2)20-14)7-12(10)13(6-8)21(17,18)19/h3-7H,1-2H3,(H,17,18,19). The van der Waals surface area contributed by atoms with E-state index in [9.17, 15) is 13.0 Å². The summed E-state index contributed by atoms with van der Waals surface area (Å²) in [5, 5.41) is 8.77. The van der Waals surface area contributed by atoms with Crippen LogP contribution >= 0.6 is 0 Å². The third-order valence-electron chi connectivity index (χ3n) is 3.11. The number of aryl methyl sites for hydroxylation is 2. The smallest absolute Gasteiger partial charge is 0.295 e. The highest BCUT2D eigenvalue weighted by Crippen LogP contribution is 2.29. The third kappa shape index (κ3) is 2.53. The maximum absolute atomic E-state index is 11.6. The minimum atomic E-state index is -4.31. The molecule has 3 rings (SSSR count). The van der Waals surface area contributed by atoms with Gasteiger partial charge in [-0.25, -0.2) is 0 Å². The minimum Gasteiger partial charge on any atom is -0.421 e. The van der Waals surface area contributed by atoms with Crippen LogP contribution in [0.25, 0.3) is 22.2 Å². The monoisotopic (exact) mass is 304 g/mol. The topological polar surface area (TPSA) is 93.3 Å². The number of hydrogen-bond donors (Lipinski definition) is 1. The van der Waals surface area contributed by atoms with Crippen LogP contribution in [0.15, 0.2) is 39.6 Å². The SMILES string of the molecule is Cc1cc(S(=O)(=O)O)c2cc(-c3nnc(C)o3)ccc2c1. The Morgan fingerprint density at radius 2 is 1.86 bits per heavy atom. The molecule has 1 N–H and O–H groups in total. The molecule has 0 amide bonds. The summed E-state index contributed by atoms with van der Waals surface area (Å²) in [6.45, 7) is 3.44. The molecule has 0 atom stereocenters. The maximum atomic E-state index is 11.6. The Morgan fingerprint density at radius 3 is 2.48 bits per heavy atom. The Kier molecular flexibility index (Phi) is 3.03. The van der Waals surface area contributed by atoms with Crippen molar-refractivity contribution in [1.29, 1.82) is 0 Å². The van der Waals surface area contributed by atoms with Crippen LogP contribution in [0, 0.1) is 13.8 Å². The average Bonchev–Trinajstić information content (AvgIpc) is 2.83. The van der Waals surface area contributed by atoms with Crippen molar-refractivity contribution in [2.75, 3.05) is 0 Å². The normalized spacial score (nSPS) is 12.0. The van der Waals surface area contributed by atoms with Crippen LogP contribution in [0.1, 0.15) is 11.5 Å². The molecule has 6 nitrogen and oxygen atoms in total. The number of hydrogen-bond acceptors (Lipinski definition) is 5. The maximum Gasteiger partial charge on any atom is 0.295 e. The highest BCUT2D eigenvalue weighted by molar-refractivity contribution is 7.86. The van der Waals surface area contributed by atoms with Gasteiger partial charge < -0.3 is 4.42 Å². The largest absolute Gasteiger partial charge is 0.421 e. The zero-order valence-corrected chi connectivity index (χ0v) is 12.2. The molecule has 0 fully saturated rings. The quantitative estimate of drug-likeness (QED) is 0.732. The van der Waals surface area contributed by atoms with E-state index >= 15 is 0 Å². The van der Waals surface area contributed by atoms with Gasteiger partial charge in [0.2, 0.25) is 11.8 Å². The van der Waals surface area contributed by atoms with Crippen LogP contribution in [0.2, 0.25) is 0 Å². The van der Waals surface area contributed by atoms with Crippen LogP contribution in [0.5, 0.6) is 0 Å². The van der Waals surface area contributed by atoms with Crippen molar-refractivity contribution in [1.82, 2.24) is 10.2 Å². The molecular formula is C14H12N2O4S. The summed E-state index contributed by atoms with van der Waals surface area (Å²) in [5.41, 5.74) is 1.34. The highest BCUT2D eigenvalue weighted by atomic mass is 32.2. The van der Waals surface area contributed by atoms with E-state index in [2.05, 4.69) is 10.2 Å². The van der Waals surface area contributed by atoms with Gasteiger partial charge >= 0.3 is 0 Å². The molecule has 0 spiro atoms. The minimum absolute atomic E-state index is 0.129. The van der Waals surface area contributed by atoms with E-state index < -0.39 is 10.1 Å². The fourth-order valence-electron chi connectivity index (χ4n) is 2.23. The first-order valence-corrected chi connectivity index (χ1v) is 7.61. The zero-order chi connectivity index (χ0) is 15.2. The molecule has 7 heteroatoms. The van der Waals surface area contributed by atoms with Gasteiger partial charge in [0.1, 0.15) is 4.90 Å². The van der Waals surface area contributed by atoms with Crippen molar-refractivity contribution in [2.45, 2.75) is 18.7 Å².